The van der Waals surface area contributed by atoms with Crippen molar-refractivity contribution >= 4 is 33.4 Å². The van der Waals surface area contributed by atoms with E-state index in [1.54, 1.807) is 0 Å². The quantitative estimate of drug-likeness (QED) is 0.834. The highest BCUT2D eigenvalue weighted by molar-refractivity contribution is 9.10. The van der Waals surface area contributed by atoms with E-state index >= 15 is 0 Å². The Bertz CT molecular complexity index is 701. The average Bonchev–Trinajstić information content (AvgIpc) is 2.50. The molecule has 23 heavy (non-hydrogen) atoms. The maximum atomic E-state index is 4.73. The predicted octanol–water partition coefficient (Wildman–Crippen LogP) is 4.84. The van der Waals surface area contributed by atoms with E-state index in [4.69, 9.17) is 4.98 Å². The maximum Gasteiger partial charge on any atom is 0.227 e. The zero-order chi connectivity index (χ0) is 16.4. The average molecular weight is 375 g/mol. The van der Waals surface area contributed by atoms with Crippen LogP contribution in [0.15, 0.2) is 28.7 Å². The Kier molecular flexibility index (Phi) is 4.85. The van der Waals surface area contributed by atoms with Crippen LogP contribution in [0.4, 0.5) is 17.5 Å². The van der Waals surface area contributed by atoms with Gasteiger partial charge in [0.05, 0.1) is 0 Å². The molecule has 0 spiro atoms. The third kappa shape index (κ3) is 4.02. The number of aryl methyl sites for hydroxylation is 2. The Hall–Kier alpha value is -1.62. The summed E-state index contributed by atoms with van der Waals surface area (Å²) in [6, 6.07) is 8.23. The standard InChI is InChI=1S/C18H23BrN4/c1-12-5-4-8-23(11-12)18-20-14(3)9-17(22-18)21-15-7-6-13(2)16(19)10-15/h6-7,9-10,12H,4-5,8,11H2,1-3H3,(H,20,21,22). The van der Waals surface area contributed by atoms with Crippen LogP contribution in [-0.2, 0) is 0 Å². The van der Waals surface area contributed by atoms with Gasteiger partial charge in [0, 0.05) is 35.0 Å². The molecule has 1 fully saturated rings. The first-order valence-electron chi connectivity index (χ1n) is 8.15. The first-order chi connectivity index (χ1) is 11.0. The molecule has 0 aliphatic carbocycles. The smallest absolute Gasteiger partial charge is 0.227 e. The van der Waals surface area contributed by atoms with Crippen LogP contribution >= 0.6 is 15.9 Å². The van der Waals surface area contributed by atoms with Gasteiger partial charge in [-0.25, -0.2) is 4.98 Å². The molecule has 1 unspecified atom stereocenters. The van der Waals surface area contributed by atoms with Crippen LogP contribution in [0.1, 0.15) is 31.0 Å². The number of hydrogen-bond acceptors (Lipinski definition) is 4. The van der Waals surface area contributed by atoms with Crippen LogP contribution in [0, 0.1) is 19.8 Å². The molecule has 0 bridgehead atoms. The monoisotopic (exact) mass is 374 g/mol. The van der Waals surface area contributed by atoms with Gasteiger partial charge in [-0.3, -0.25) is 0 Å². The number of benzene rings is 1. The number of halogens is 1. The summed E-state index contributed by atoms with van der Waals surface area (Å²) in [5.41, 5.74) is 3.23. The highest BCUT2D eigenvalue weighted by Crippen LogP contribution is 2.25. The Labute approximate surface area is 146 Å². The van der Waals surface area contributed by atoms with Gasteiger partial charge in [-0.15, -0.1) is 0 Å². The van der Waals surface area contributed by atoms with E-state index < -0.39 is 0 Å². The molecule has 1 aliphatic rings. The molecule has 1 saturated heterocycles. The summed E-state index contributed by atoms with van der Waals surface area (Å²) in [7, 11) is 0. The van der Waals surface area contributed by atoms with Crippen molar-refractivity contribution in [2.45, 2.75) is 33.6 Å². The lowest BCUT2D eigenvalue weighted by Gasteiger charge is -2.31. The third-order valence-electron chi connectivity index (χ3n) is 4.23. The van der Waals surface area contributed by atoms with Crippen LogP contribution < -0.4 is 10.2 Å². The van der Waals surface area contributed by atoms with Gasteiger partial charge in [0.2, 0.25) is 5.95 Å². The van der Waals surface area contributed by atoms with Crippen LogP contribution in [0.2, 0.25) is 0 Å². The van der Waals surface area contributed by atoms with E-state index in [0.717, 1.165) is 40.7 Å². The molecule has 4 nitrogen and oxygen atoms in total. The van der Waals surface area contributed by atoms with E-state index in [0.29, 0.717) is 5.92 Å². The van der Waals surface area contributed by atoms with Crippen molar-refractivity contribution in [2.75, 3.05) is 23.3 Å². The Morgan fingerprint density at radius 2 is 2.04 bits per heavy atom. The van der Waals surface area contributed by atoms with Gasteiger partial charge < -0.3 is 10.2 Å². The zero-order valence-electron chi connectivity index (χ0n) is 13.9. The first-order valence-corrected chi connectivity index (χ1v) is 8.94. The molecular formula is C18H23BrN4. The van der Waals surface area contributed by atoms with Crippen molar-refractivity contribution in [3.63, 3.8) is 0 Å². The van der Waals surface area contributed by atoms with E-state index in [9.17, 15) is 0 Å². The maximum absolute atomic E-state index is 4.73. The minimum Gasteiger partial charge on any atom is -0.340 e. The van der Waals surface area contributed by atoms with Gasteiger partial charge in [0.15, 0.2) is 0 Å². The summed E-state index contributed by atoms with van der Waals surface area (Å²) in [5, 5.41) is 3.40. The third-order valence-corrected chi connectivity index (χ3v) is 5.08. The Morgan fingerprint density at radius 1 is 1.22 bits per heavy atom. The van der Waals surface area contributed by atoms with E-state index in [1.807, 2.05) is 13.0 Å². The molecule has 0 amide bonds. The topological polar surface area (TPSA) is 41.1 Å². The first kappa shape index (κ1) is 16.2. The molecule has 0 saturated carbocycles. The minimum atomic E-state index is 0.706. The van der Waals surface area contributed by atoms with Crippen LogP contribution in [0.5, 0.6) is 0 Å². The number of nitrogens with one attached hydrogen (secondary N) is 1. The summed E-state index contributed by atoms with van der Waals surface area (Å²) >= 11 is 3.58. The summed E-state index contributed by atoms with van der Waals surface area (Å²) in [6.07, 6.45) is 2.51. The van der Waals surface area contributed by atoms with Gasteiger partial charge in [-0.05, 0) is 50.3 Å². The van der Waals surface area contributed by atoms with Crippen molar-refractivity contribution in [1.82, 2.24) is 9.97 Å². The fraction of sp³-hybridized carbons (Fsp3) is 0.444. The van der Waals surface area contributed by atoms with Gasteiger partial charge in [-0.1, -0.05) is 28.9 Å². The number of rotatable bonds is 3. The second-order valence-corrected chi connectivity index (χ2v) is 7.33. The fourth-order valence-electron chi connectivity index (χ4n) is 2.95. The Balaban J connectivity index is 1.83. The van der Waals surface area contributed by atoms with Crippen molar-refractivity contribution in [3.8, 4) is 0 Å². The van der Waals surface area contributed by atoms with Crippen molar-refractivity contribution in [3.05, 3.63) is 40.0 Å². The summed E-state index contributed by atoms with van der Waals surface area (Å²) in [6.45, 7) is 8.49. The molecule has 122 valence electrons. The SMILES string of the molecule is Cc1cc(Nc2ccc(C)c(Br)c2)nc(N2CCCC(C)C2)n1. The van der Waals surface area contributed by atoms with E-state index in [-0.39, 0.29) is 0 Å². The lowest BCUT2D eigenvalue weighted by atomic mass is 10.0. The Morgan fingerprint density at radius 3 is 2.78 bits per heavy atom. The second kappa shape index (κ2) is 6.87. The molecule has 5 heteroatoms. The summed E-state index contributed by atoms with van der Waals surface area (Å²) in [4.78, 5) is 11.7. The van der Waals surface area contributed by atoms with Crippen molar-refractivity contribution in [2.24, 2.45) is 5.92 Å². The molecule has 1 aromatic heterocycles. The predicted molar refractivity (Wildman–Crippen MR) is 99.5 cm³/mol. The summed E-state index contributed by atoms with van der Waals surface area (Å²) in [5.74, 6) is 2.39. The van der Waals surface area contributed by atoms with Crippen LogP contribution in [0.25, 0.3) is 0 Å². The molecule has 2 aromatic rings. The second-order valence-electron chi connectivity index (χ2n) is 6.48. The van der Waals surface area contributed by atoms with Crippen molar-refractivity contribution < 1.29 is 0 Å². The van der Waals surface area contributed by atoms with Gasteiger partial charge in [0.25, 0.3) is 0 Å². The highest BCUT2D eigenvalue weighted by Gasteiger charge is 2.19. The number of anilines is 3. The van der Waals surface area contributed by atoms with Gasteiger partial charge in [-0.2, -0.15) is 4.98 Å². The molecule has 1 aliphatic heterocycles. The number of piperidine rings is 1. The van der Waals surface area contributed by atoms with Crippen LogP contribution in [-0.4, -0.2) is 23.1 Å². The highest BCUT2D eigenvalue weighted by atomic mass is 79.9. The summed E-state index contributed by atoms with van der Waals surface area (Å²) < 4.78 is 1.10. The molecule has 3 rings (SSSR count). The normalized spacial score (nSPS) is 18.1. The molecular weight excluding hydrogens is 352 g/mol. The lowest BCUT2D eigenvalue weighted by Crippen LogP contribution is -2.35. The number of aromatic nitrogens is 2. The molecule has 1 atom stereocenters. The molecule has 2 heterocycles. The van der Waals surface area contributed by atoms with E-state index in [2.05, 4.69) is 63.2 Å². The number of nitrogens with zero attached hydrogens (tertiary/aromatic N) is 3. The van der Waals surface area contributed by atoms with Crippen LogP contribution in [0.3, 0.4) is 0 Å². The zero-order valence-corrected chi connectivity index (χ0v) is 15.5. The fourth-order valence-corrected chi connectivity index (χ4v) is 3.33. The van der Waals surface area contributed by atoms with Gasteiger partial charge >= 0.3 is 0 Å². The van der Waals surface area contributed by atoms with Gasteiger partial charge in [0.1, 0.15) is 5.82 Å². The molecule has 1 N–H and O–H groups in total. The van der Waals surface area contributed by atoms with Crippen molar-refractivity contribution in [1.29, 1.82) is 0 Å². The minimum absolute atomic E-state index is 0.706. The lowest BCUT2D eigenvalue weighted by molar-refractivity contribution is 0.442. The molecule has 0 radical (unpaired) electrons. The van der Waals surface area contributed by atoms with E-state index in [1.165, 1.54) is 18.4 Å². The molecule has 1 aromatic carbocycles. The largest absolute Gasteiger partial charge is 0.340 e. The number of hydrogen-bond donors (Lipinski definition) is 1.